The Labute approximate surface area is 139 Å². The summed E-state index contributed by atoms with van der Waals surface area (Å²) in [5, 5.41) is 11.5. The third kappa shape index (κ3) is 5.07. The number of carbonyl (C=O) groups is 1. The Kier molecular flexibility index (Phi) is 7.77. The van der Waals surface area contributed by atoms with E-state index in [1.54, 1.807) is 18.5 Å². The smallest absolute Gasteiger partial charge is 0.340 e. The van der Waals surface area contributed by atoms with E-state index in [2.05, 4.69) is 10.3 Å². The van der Waals surface area contributed by atoms with Crippen LogP contribution >= 0.6 is 11.8 Å². The van der Waals surface area contributed by atoms with Gasteiger partial charge in [0.2, 0.25) is 0 Å². The van der Waals surface area contributed by atoms with Crippen LogP contribution in [0.25, 0.3) is 0 Å². The Morgan fingerprint density at radius 3 is 2.39 bits per heavy atom. The molecular formula is C15H19N3O4S. The van der Waals surface area contributed by atoms with Crippen LogP contribution in [0.3, 0.4) is 0 Å². The highest BCUT2D eigenvalue weighted by Gasteiger charge is 2.18. The predicted molar refractivity (Wildman–Crippen MR) is 89.5 cm³/mol. The second-order valence-electron chi connectivity index (χ2n) is 4.03. The zero-order chi connectivity index (χ0) is 17.2. The number of amidine groups is 1. The van der Waals surface area contributed by atoms with Gasteiger partial charge in [-0.25, -0.2) is 9.79 Å². The van der Waals surface area contributed by atoms with Crippen LogP contribution in [0.5, 0.6) is 11.5 Å². The van der Waals surface area contributed by atoms with Gasteiger partial charge < -0.3 is 14.2 Å². The van der Waals surface area contributed by atoms with Crippen molar-refractivity contribution in [2.75, 3.05) is 26.6 Å². The van der Waals surface area contributed by atoms with Crippen LogP contribution in [0, 0.1) is 11.5 Å². The van der Waals surface area contributed by atoms with Crippen molar-refractivity contribution in [3.63, 3.8) is 0 Å². The van der Waals surface area contributed by atoms with E-state index in [0.717, 1.165) is 0 Å². The number of nitriles is 1. The molecule has 0 aliphatic heterocycles. The van der Waals surface area contributed by atoms with Crippen molar-refractivity contribution >= 4 is 28.6 Å². The zero-order valence-electron chi connectivity index (χ0n) is 13.5. The van der Waals surface area contributed by atoms with Crippen molar-refractivity contribution in [1.29, 1.82) is 5.26 Å². The molecule has 0 aliphatic carbocycles. The summed E-state index contributed by atoms with van der Waals surface area (Å²) in [6, 6.07) is 3.12. The summed E-state index contributed by atoms with van der Waals surface area (Å²) in [4.78, 5) is 16.3. The number of thioether (sulfide) groups is 1. The molecule has 0 heterocycles. The van der Waals surface area contributed by atoms with E-state index in [9.17, 15) is 4.79 Å². The number of benzene rings is 1. The molecule has 1 N–H and O–H groups in total. The molecule has 124 valence electrons. The summed E-state index contributed by atoms with van der Waals surface area (Å²) in [7, 11) is 1.29. The first kappa shape index (κ1) is 18.6. The van der Waals surface area contributed by atoms with E-state index in [4.69, 9.17) is 19.5 Å². The largest absolute Gasteiger partial charge is 0.490 e. The minimum Gasteiger partial charge on any atom is -0.490 e. The van der Waals surface area contributed by atoms with Crippen LogP contribution < -0.4 is 14.8 Å². The van der Waals surface area contributed by atoms with Crippen molar-refractivity contribution in [1.82, 2.24) is 5.32 Å². The lowest BCUT2D eigenvalue weighted by Crippen LogP contribution is -2.13. The Morgan fingerprint density at radius 2 is 1.91 bits per heavy atom. The van der Waals surface area contributed by atoms with E-state index >= 15 is 0 Å². The molecule has 0 spiro atoms. The Morgan fingerprint density at radius 1 is 1.30 bits per heavy atom. The van der Waals surface area contributed by atoms with Crippen molar-refractivity contribution in [2.24, 2.45) is 4.99 Å². The number of nitrogens with zero attached hydrogens (tertiary/aromatic N) is 2. The van der Waals surface area contributed by atoms with Crippen LogP contribution in [0.15, 0.2) is 17.1 Å². The highest BCUT2D eigenvalue weighted by molar-refractivity contribution is 8.13. The van der Waals surface area contributed by atoms with Gasteiger partial charge in [-0.2, -0.15) is 5.26 Å². The molecule has 0 saturated heterocycles. The second-order valence-corrected chi connectivity index (χ2v) is 4.83. The van der Waals surface area contributed by atoms with Gasteiger partial charge in [0, 0.05) is 12.1 Å². The van der Waals surface area contributed by atoms with Gasteiger partial charge in [0.05, 0.1) is 31.6 Å². The molecule has 23 heavy (non-hydrogen) atoms. The molecule has 0 unspecified atom stereocenters. The lowest BCUT2D eigenvalue weighted by molar-refractivity contribution is 0.0601. The number of esters is 1. The van der Waals surface area contributed by atoms with Crippen molar-refractivity contribution in [3.8, 4) is 17.7 Å². The maximum absolute atomic E-state index is 12.0. The molecule has 0 fully saturated rings. The van der Waals surface area contributed by atoms with Crippen molar-refractivity contribution < 1.29 is 19.0 Å². The van der Waals surface area contributed by atoms with Gasteiger partial charge in [-0.1, -0.05) is 11.8 Å². The quantitative estimate of drug-likeness (QED) is 0.280. The van der Waals surface area contributed by atoms with Crippen LogP contribution in [0.2, 0.25) is 0 Å². The van der Waals surface area contributed by atoms with E-state index in [0.29, 0.717) is 35.6 Å². The lowest BCUT2D eigenvalue weighted by Gasteiger charge is -2.14. The standard InChI is InChI=1S/C15H19N3O4S/c1-5-21-12-7-10(14(19)20-3)11(8-13(12)22-6-2)18-15(23-4)17-9-16/h7-8H,5-6H2,1-4H3,(H,17,18). The Bertz CT molecular complexity index is 626. The van der Waals surface area contributed by atoms with Gasteiger partial charge in [0.1, 0.15) is 0 Å². The summed E-state index contributed by atoms with van der Waals surface area (Å²) < 4.78 is 15.8. The fourth-order valence-electron chi connectivity index (χ4n) is 1.73. The maximum Gasteiger partial charge on any atom is 0.340 e. The first-order chi connectivity index (χ1) is 11.1. The summed E-state index contributed by atoms with van der Waals surface area (Å²) in [6.07, 6.45) is 3.56. The fraction of sp³-hybridized carbons (Fsp3) is 0.400. The van der Waals surface area contributed by atoms with Crippen molar-refractivity contribution in [2.45, 2.75) is 13.8 Å². The number of ether oxygens (including phenoxy) is 3. The number of methoxy groups -OCH3 is 1. The zero-order valence-corrected chi connectivity index (χ0v) is 14.3. The third-order valence-electron chi connectivity index (χ3n) is 2.65. The molecule has 1 aromatic carbocycles. The number of hydrogen-bond donors (Lipinski definition) is 1. The van der Waals surface area contributed by atoms with Crippen LogP contribution in [-0.4, -0.2) is 37.7 Å². The Hall–Kier alpha value is -2.40. The fourth-order valence-corrected chi connectivity index (χ4v) is 2.07. The topological polar surface area (TPSA) is 92.9 Å². The van der Waals surface area contributed by atoms with E-state index in [1.165, 1.54) is 24.9 Å². The van der Waals surface area contributed by atoms with Crippen molar-refractivity contribution in [3.05, 3.63) is 17.7 Å². The molecule has 0 saturated carbocycles. The molecule has 0 amide bonds. The van der Waals surface area contributed by atoms with E-state index < -0.39 is 5.97 Å². The van der Waals surface area contributed by atoms with Crippen LogP contribution in [0.1, 0.15) is 24.2 Å². The monoisotopic (exact) mass is 337 g/mol. The summed E-state index contributed by atoms with van der Waals surface area (Å²) in [5.74, 6) is 0.357. The summed E-state index contributed by atoms with van der Waals surface area (Å²) in [5.41, 5.74) is 0.557. The maximum atomic E-state index is 12.0. The Balaban J connectivity index is 3.48. The van der Waals surface area contributed by atoms with Gasteiger partial charge in [0.15, 0.2) is 22.9 Å². The number of nitrogens with one attached hydrogen (secondary N) is 1. The SMILES string of the molecule is CCOc1cc(N=C(NC#N)SC)c(C(=O)OC)cc1OCC. The molecule has 0 radical (unpaired) electrons. The molecule has 0 aliphatic rings. The number of hydrogen-bond acceptors (Lipinski definition) is 7. The molecule has 0 bridgehead atoms. The summed E-state index contributed by atoms with van der Waals surface area (Å²) >= 11 is 1.24. The number of rotatable bonds is 6. The van der Waals surface area contributed by atoms with Crippen LogP contribution in [0.4, 0.5) is 5.69 Å². The van der Waals surface area contributed by atoms with Crippen LogP contribution in [-0.2, 0) is 4.74 Å². The van der Waals surface area contributed by atoms with Gasteiger partial charge in [0.25, 0.3) is 0 Å². The predicted octanol–water partition coefficient (Wildman–Crippen LogP) is 2.69. The van der Waals surface area contributed by atoms with Gasteiger partial charge in [-0.05, 0) is 20.1 Å². The minimum absolute atomic E-state index is 0.227. The highest BCUT2D eigenvalue weighted by atomic mass is 32.2. The minimum atomic E-state index is -0.551. The molecular weight excluding hydrogens is 318 g/mol. The molecule has 8 heteroatoms. The number of aliphatic imine (C=N–C) groups is 1. The molecule has 1 aromatic rings. The first-order valence-corrected chi connectivity index (χ1v) is 8.13. The van der Waals surface area contributed by atoms with E-state index in [-0.39, 0.29) is 5.56 Å². The van der Waals surface area contributed by atoms with Gasteiger partial charge in [-0.3, -0.25) is 5.32 Å². The molecule has 0 aromatic heterocycles. The average molecular weight is 337 g/mol. The normalized spacial score (nSPS) is 10.7. The molecule has 0 atom stereocenters. The second kappa shape index (κ2) is 9.58. The summed E-state index contributed by atoms with van der Waals surface area (Å²) in [6.45, 7) is 4.54. The highest BCUT2D eigenvalue weighted by Crippen LogP contribution is 2.36. The lowest BCUT2D eigenvalue weighted by atomic mass is 10.1. The third-order valence-corrected chi connectivity index (χ3v) is 3.23. The number of carbonyl (C=O) groups excluding carboxylic acids is 1. The van der Waals surface area contributed by atoms with Gasteiger partial charge in [-0.15, -0.1) is 0 Å². The average Bonchev–Trinajstić information content (AvgIpc) is 2.56. The first-order valence-electron chi connectivity index (χ1n) is 6.90. The molecule has 1 rings (SSSR count). The van der Waals surface area contributed by atoms with E-state index in [1.807, 2.05) is 13.8 Å². The molecule has 7 nitrogen and oxygen atoms in total. The van der Waals surface area contributed by atoms with Gasteiger partial charge >= 0.3 is 5.97 Å².